The maximum Gasteiger partial charge on any atom is 0.425 e. The first-order chi connectivity index (χ1) is 24.9. The number of carbonyl (C=O) groups is 3. The molecule has 0 bridgehead atoms. The summed E-state index contributed by atoms with van der Waals surface area (Å²) in [4.78, 5) is 59.2. The number of amides is 2. The van der Waals surface area contributed by atoms with Crippen molar-refractivity contribution >= 4 is 35.1 Å². The van der Waals surface area contributed by atoms with Gasteiger partial charge in [-0.15, -0.1) is 0 Å². The number of para-hydroxylation sites is 2. The third kappa shape index (κ3) is 10.5. The van der Waals surface area contributed by atoms with E-state index in [0.29, 0.717) is 39.5 Å². The van der Waals surface area contributed by atoms with Gasteiger partial charge in [0.25, 0.3) is 0 Å². The summed E-state index contributed by atoms with van der Waals surface area (Å²) in [6.45, 7) is 19.1. The van der Waals surface area contributed by atoms with Gasteiger partial charge in [0.05, 0.1) is 29.5 Å². The highest BCUT2D eigenvalue weighted by Crippen LogP contribution is 2.35. The number of piperidine rings is 1. The Kier molecular flexibility index (Phi) is 11.8. The number of hydrogen-bond donors (Lipinski definition) is 0. The van der Waals surface area contributed by atoms with E-state index in [0.717, 1.165) is 26.1 Å². The SMILES string of the molecule is CC(C)(C)OC(=O)N(C(=O)OC(C)(C)C)c1ncc(-c2cccc(OCCCN3CCCCC3)c2)nc1-c1nc2ccccc2n1C(=O)OC(C)(C)C. The average Bonchev–Trinajstić information content (AvgIpc) is 3.45. The minimum atomic E-state index is -1.05. The van der Waals surface area contributed by atoms with Crippen LogP contribution in [0.2, 0.25) is 0 Å². The molecule has 0 aliphatic carbocycles. The van der Waals surface area contributed by atoms with Gasteiger partial charge in [0.15, 0.2) is 17.3 Å². The highest BCUT2D eigenvalue weighted by molar-refractivity contribution is 6.11. The number of nitrogens with zero attached hydrogens (tertiary/aromatic N) is 6. The Morgan fingerprint density at radius 2 is 1.42 bits per heavy atom. The van der Waals surface area contributed by atoms with E-state index in [1.54, 1.807) is 86.6 Å². The molecule has 3 heterocycles. The van der Waals surface area contributed by atoms with Gasteiger partial charge in [-0.3, -0.25) is 0 Å². The number of hydrogen-bond acceptors (Lipinski definition) is 11. The van der Waals surface area contributed by atoms with Crippen LogP contribution in [0.4, 0.5) is 20.2 Å². The molecule has 1 fully saturated rings. The van der Waals surface area contributed by atoms with E-state index in [1.165, 1.54) is 30.0 Å². The van der Waals surface area contributed by atoms with Crippen LogP contribution in [0, 0.1) is 0 Å². The van der Waals surface area contributed by atoms with Crippen molar-refractivity contribution in [1.29, 1.82) is 0 Å². The van der Waals surface area contributed by atoms with Crippen LogP contribution in [0.1, 0.15) is 88.0 Å². The number of rotatable bonds is 8. The summed E-state index contributed by atoms with van der Waals surface area (Å²) in [5, 5.41) is 0. The molecule has 13 heteroatoms. The van der Waals surface area contributed by atoms with Crippen molar-refractivity contribution in [2.45, 2.75) is 105 Å². The quantitative estimate of drug-likeness (QED) is 0.127. The second-order valence-corrected chi connectivity index (χ2v) is 16.1. The van der Waals surface area contributed by atoms with Crippen LogP contribution in [0.25, 0.3) is 33.8 Å². The van der Waals surface area contributed by atoms with Gasteiger partial charge in [-0.25, -0.2) is 33.9 Å². The van der Waals surface area contributed by atoms with Gasteiger partial charge in [-0.05, 0) is 119 Å². The first-order valence-corrected chi connectivity index (χ1v) is 18.2. The summed E-state index contributed by atoms with van der Waals surface area (Å²) in [5.41, 5.74) is -0.981. The maximum atomic E-state index is 13.9. The van der Waals surface area contributed by atoms with E-state index in [4.69, 9.17) is 28.9 Å². The molecule has 13 nitrogen and oxygen atoms in total. The first-order valence-electron chi connectivity index (χ1n) is 18.2. The van der Waals surface area contributed by atoms with Gasteiger partial charge in [0.2, 0.25) is 0 Å². The number of carbonyl (C=O) groups excluding carboxylic acids is 3. The molecule has 0 saturated carbocycles. The van der Waals surface area contributed by atoms with Crippen LogP contribution >= 0.6 is 0 Å². The molecule has 0 N–H and O–H groups in total. The lowest BCUT2D eigenvalue weighted by Crippen LogP contribution is -2.44. The van der Waals surface area contributed by atoms with Gasteiger partial charge in [0.1, 0.15) is 22.6 Å². The van der Waals surface area contributed by atoms with Crippen LogP contribution in [0.15, 0.2) is 54.7 Å². The lowest BCUT2D eigenvalue weighted by Gasteiger charge is -2.28. The van der Waals surface area contributed by atoms with Crippen LogP contribution in [-0.4, -0.2) is 85.7 Å². The number of anilines is 1. The Morgan fingerprint density at radius 3 is 2.06 bits per heavy atom. The molecule has 1 saturated heterocycles. The highest BCUT2D eigenvalue weighted by atomic mass is 16.6. The second kappa shape index (κ2) is 15.9. The molecule has 0 atom stereocenters. The van der Waals surface area contributed by atoms with Crippen LogP contribution in [0.5, 0.6) is 5.75 Å². The largest absolute Gasteiger partial charge is 0.494 e. The molecule has 0 radical (unpaired) electrons. The zero-order chi connectivity index (χ0) is 38.6. The number of imidazole rings is 1. The van der Waals surface area contributed by atoms with Crippen molar-refractivity contribution in [2.75, 3.05) is 31.1 Å². The molecule has 0 unspecified atom stereocenters. The molecular weight excluding hydrogens is 676 g/mol. The maximum absolute atomic E-state index is 13.9. The molecule has 1 aliphatic heterocycles. The molecule has 0 spiro atoms. The molecule has 4 aromatic rings. The molecule has 5 rings (SSSR count). The van der Waals surface area contributed by atoms with Gasteiger partial charge in [-0.1, -0.05) is 30.7 Å². The van der Waals surface area contributed by atoms with E-state index in [-0.39, 0.29) is 17.3 Å². The number of aromatic nitrogens is 4. The van der Waals surface area contributed by atoms with Crippen LogP contribution in [0.3, 0.4) is 0 Å². The molecule has 2 aromatic carbocycles. The molecule has 2 aromatic heterocycles. The summed E-state index contributed by atoms with van der Waals surface area (Å²) in [6, 6.07) is 14.4. The van der Waals surface area contributed by atoms with E-state index < -0.39 is 35.1 Å². The molecular formula is C40H52N6O7. The van der Waals surface area contributed by atoms with Crippen molar-refractivity contribution in [3.05, 3.63) is 54.7 Å². The van der Waals surface area contributed by atoms with Gasteiger partial charge in [0, 0.05) is 12.1 Å². The number of ether oxygens (including phenoxy) is 4. The Morgan fingerprint density at radius 1 is 0.774 bits per heavy atom. The summed E-state index contributed by atoms with van der Waals surface area (Å²) >= 11 is 0. The molecule has 284 valence electrons. The van der Waals surface area contributed by atoms with Crippen molar-refractivity contribution in [1.82, 2.24) is 24.4 Å². The lowest BCUT2D eigenvalue weighted by molar-refractivity contribution is 0.0427. The Bertz CT molecular complexity index is 1900. The van der Waals surface area contributed by atoms with Crippen LogP contribution < -0.4 is 9.64 Å². The summed E-state index contributed by atoms with van der Waals surface area (Å²) in [7, 11) is 0. The average molecular weight is 729 g/mol. The van der Waals surface area contributed by atoms with Gasteiger partial charge in [-0.2, -0.15) is 4.90 Å². The topological polar surface area (TPSA) is 138 Å². The monoisotopic (exact) mass is 728 g/mol. The fraction of sp³-hybridized carbons (Fsp3) is 0.500. The zero-order valence-corrected chi connectivity index (χ0v) is 32.4. The van der Waals surface area contributed by atoms with Gasteiger partial charge < -0.3 is 23.8 Å². The molecule has 2 amide bonds. The highest BCUT2D eigenvalue weighted by Gasteiger charge is 2.38. The van der Waals surface area contributed by atoms with E-state index in [1.807, 2.05) is 24.3 Å². The third-order valence-electron chi connectivity index (χ3n) is 7.93. The standard InChI is InChI=1S/C40H52N6O7/c1-38(2,3)51-35(47)45-31-20-12-11-19-29(31)43-34(45)32-33(46(36(48)52-39(4,5)6)37(49)53-40(7,8)9)41-26-30(42-32)27-17-15-18-28(25-27)50-24-16-23-44-21-13-10-14-22-44/h11-12,15,17-20,25-26H,10,13-14,16,21-24H2,1-9H3. The predicted molar refractivity (Wildman–Crippen MR) is 203 cm³/mol. The number of fused-ring (bicyclic) bond motifs is 1. The Labute approximate surface area is 311 Å². The Hall–Kier alpha value is -5.04. The number of benzene rings is 2. The first kappa shape index (κ1) is 39.2. The normalized spacial score (nSPS) is 14.1. The molecule has 1 aliphatic rings. The van der Waals surface area contributed by atoms with Gasteiger partial charge >= 0.3 is 18.3 Å². The van der Waals surface area contributed by atoms with E-state index in [9.17, 15) is 14.4 Å². The van der Waals surface area contributed by atoms with Crippen molar-refractivity contribution in [3.63, 3.8) is 0 Å². The number of imide groups is 1. The van der Waals surface area contributed by atoms with Crippen molar-refractivity contribution < 1.29 is 33.3 Å². The zero-order valence-electron chi connectivity index (χ0n) is 32.4. The smallest absolute Gasteiger partial charge is 0.425 e. The number of likely N-dealkylation sites (tertiary alicyclic amines) is 1. The minimum Gasteiger partial charge on any atom is -0.494 e. The van der Waals surface area contributed by atoms with E-state index in [2.05, 4.69) is 9.88 Å². The van der Waals surface area contributed by atoms with Crippen molar-refractivity contribution in [3.8, 4) is 28.5 Å². The van der Waals surface area contributed by atoms with Crippen LogP contribution in [-0.2, 0) is 14.2 Å². The molecule has 53 heavy (non-hydrogen) atoms. The second-order valence-electron chi connectivity index (χ2n) is 16.1. The summed E-state index contributed by atoms with van der Waals surface area (Å²) < 4.78 is 24.6. The third-order valence-corrected chi connectivity index (χ3v) is 7.93. The summed E-state index contributed by atoms with van der Waals surface area (Å²) in [6.07, 6.45) is 3.29. The fourth-order valence-corrected chi connectivity index (χ4v) is 5.78. The minimum absolute atomic E-state index is 0.00738. The summed E-state index contributed by atoms with van der Waals surface area (Å²) in [5.74, 6) is 0.396. The van der Waals surface area contributed by atoms with Crippen molar-refractivity contribution in [2.24, 2.45) is 0 Å². The Balaban J connectivity index is 1.63. The predicted octanol–water partition coefficient (Wildman–Crippen LogP) is 8.87. The van der Waals surface area contributed by atoms with E-state index >= 15 is 0 Å². The lowest BCUT2D eigenvalue weighted by atomic mass is 10.1. The fourth-order valence-electron chi connectivity index (χ4n) is 5.78.